The van der Waals surface area contributed by atoms with E-state index in [1.165, 1.54) is 17.7 Å². The molecule has 0 bridgehead atoms. The normalized spacial score (nSPS) is 12.7. The van der Waals surface area contributed by atoms with E-state index in [0.29, 0.717) is 5.92 Å². The summed E-state index contributed by atoms with van der Waals surface area (Å²) < 4.78 is 0. The molecule has 0 aliphatic heterocycles. The molecule has 1 nitrogen and oxygen atoms in total. The fourth-order valence-corrected chi connectivity index (χ4v) is 2.10. The second-order valence-corrected chi connectivity index (χ2v) is 4.56. The van der Waals surface area contributed by atoms with Crippen molar-refractivity contribution in [3.05, 3.63) is 35.9 Å². The summed E-state index contributed by atoms with van der Waals surface area (Å²) in [4.78, 5) is 0. The van der Waals surface area contributed by atoms with Crippen molar-refractivity contribution in [3.8, 4) is 0 Å². The van der Waals surface area contributed by atoms with Crippen molar-refractivity contribution in [3.63, 3.8) is 0 Å². The largest absolute Gasteiger partial charge is 0.330 e. The number of rotatable bonds is 6. The van der Waals surface area contributed by atoms with Crippen LogP contribution in [0.4, 0.5) is 0 Å². The van der Waals surface area contributed by atoms with Crippen molar-refractivity contribution < 1.29 is 0 Å². The SMILES string of the molecule is CSCCC(CN)Cc1ccccc1. The summed E-state index contributed by atoms with van der Waals surface area (Å²) in [5.41, 5.74) is 7.16. The van der Waals surface area contributed by atoms with Crippen molar-refractivity contribution in [2.24, 2.45) is 11.7 Å². The Labute approximate surface area is 91.1 Å². The summed E-state index contributed by atoms with van der Waals surface area (Å²) in [5, 5.41) is 0. The number of nitrogens with two attached hydrogens (primary N) is 1. The van der Waals surface area contributed by atoms with E-state index in [0.717, 1.165) is 13.0 Å². The molecule has 0 saturated heterocycles. The van der Waals surface area contributed by atoms with Gasteiger partial charge in [-0.1, -0.05) is 30.3 Å². The zero-order chi connectivity index (χ0) is 10.2. The van der Waals surface area contributed by atoms with Gasteiger partial charge >= 0.3 is 0 Å². The maximum absolute atomic E-state index is 5.75. The molecule has 14 heavy (non-hydrogen) atoms. The van der Waals surface area contributed by atoms with Gasteiger partial charge in [0, 0.05) is 0 Å². The zero-order valence-electron chi connectivity index (χ0n) is 8.78. The van der Waals surface area contributed by atoms with Gasteiger partial charge in [0.25, 0.3) is 0 Å². The Balaban J connectivity index is 2.40. The van der Waals surface area contributed by atoms with Crippen LogP contribution in [0.25, 0.3) is 0 Å². The second-order valence-electron chi connectivity index (χ2n) is 3.57. The smallest absolute Gasteiger partial charge is 0.00454 e. The second kappa shape index (κ2) is 6.91. The first-order chi connectivity index (χ1) is 6.86. The molecule has 0 heterocycles. The van der Waals surface area contributed by atoms with Crippen LogP contribution in [-0.2, 0) is 6.42 Å². The van der Waals surface area contributed by atoms with Crippen molar-refractivity contribution in [2.45, 2.75) is 12.8 Å². The lowest BCUT2D eigenvalue weighted by molar-refractivity contribution is 0.523. The van der Waals surface area contributed by atoms with Crippen LogP contribution in [0.1, 0.15) is 12.0 Å². The first-order valence-electron chi connectivity index (χ1n) is 5.09. The molecule has 2 N–H and O–H groups in total. The van der Waals surface area contributed by atoms with Crippen molar-refractivity contribution in [1.29, 1.82) is 0 Å². The van der Waals surface area contributed by atoms with Gasteiger partial charge in [-0.2, -0.15) is 11.8 Å². The maximum atomic E-state index is 5.75. The van der Waals surface area contributed by atoms with Gasteiger partial charge in [0.05, 0.1) is 0 Å². The van der Waals surface area contributed by atoms with E-state index in [4.69, 9.17) is 5.73 Å². The molecule has 0 radical (unpaired) electrons. The molecule has 0 aliphatic rings. The molecule has 0 aliphatic carbocycles. The topological polar surface area (TPSA) is 26.0 Å². The van der Waals surface area contributed by atoms with Gasteiger partial charge in [-0.15, -0.1) is 0 Å². The summed E-state index contributed by atoms with van der Waals surface area (Å²) in [6, 6.07) is 10.6. The Bertz CT molecular complexity index is 235. The highest BCUT2D eigenvalue weighted by molar-refractivity contribution is 7.98. The molecule has 1 rings (SSSR count). The van der Waals surface area contributed by atoms with Crippen LogP contribution in [0.2, 0.25) is 0 Å². The van der Waals surface area contributed by atoms with Crippen LogP contribution in [0.3, 0.4) is 0 Å². The lowest BCUT2D eigenvalue weighted by Crippen LogP contribution is -2.17. The number of thioether (sulfide) groups is 1. The number of benzene rings is 1. The lowest BCUT2D eigenvalue weighted by atomic mass is 9.97. The lowest BCUT2D eigenvalue weighted by Gasteiger charge is -2.13. The van der Waals surface area contributed by atoms with Gasteiger partial charge < -0.3 is 5.73 Å². The quantitative estimate of drug-likeness (QED) is 0.779. The number of hydrogen-bond acceptors (Lipinski definition) is 2. The highest BCUT2D eigenvalue weighted by atomic mass is 32.2. The van der Waals surface area contributed by atoms with E-state index in [2.05, 4.69) is 36.6 Å². The monoisotopic (exact) mass is 209 g/mol. The Morgan fingerprint density at radius 3 is 2.57 bits per heavy atom. The fraction of sp³-hybridized carbons (Fsp3) is 0.500. The third-order valence-corrected chi connectivity index (χ3v) is 3.07. The molecule has 0 spiro atoms. The minimum absolute atomic E-state index is 0.643. The van der Waals surface area contributed by atoms with Gasteiger partial charge in [-0.3, -0.25) is 0 Å². The third kappa shape index (κ3) is 4.16. The molecule has 1 atom stereocenters. The summed E-state index contributed by atoms with van der Waals surface area (Å²) in [6.45, 7) is 0.801. The van der Waals surface area contributed by atoms with Crippen LogP contribution in [0.15, 0.2) is 30.3 Å². The van der Waals surface area contributed by atoms with Crippen molar-refractivity contribution in [2.75, 3.05) is 18.6 Å². The Morgan fingerprint density at radius 2 is 2.00 bits per heavy atom. The predicted molar refractivity (Wildman–Crippen MR) is 65.7 cm³/mol. The van der Waals surface area contributed by atoms with E-state index in [-0.39, 0.29) is 0 Å². The van der Waals surface area contributed by atoms with Crippen molar-refractivity contribution in [1.82, 2.24) is 0 Å². The zero-order valence-corrected chi connectivity index (χ0v) is 9.59. The maximum Gasteiger partial charge on any atom is -0.00454 e. The van der Waals surface area contributed by atoms with E-state index in [1.54, 1.807) is 0 Å². The summed E-state index contributed by atoms with van der Waals surface area (Å²) in [6.07, 6.45) is 4.50. The molecule has 0 fully saturated rings. The van der Waals surface area contributed by atoms with Crippen LogP contribution in [-0.4, -0.2) is 18.6 Å². The van der Waals surface area contributed by atoms with E-state index in [1.807, 2.05) is 11.8 Å². The highest BCUT2D eigenvalue weighted by Crippen LogP contribution is 2.13. The van der Waals surface area contributed by atoms with Gasteiger partial charge in [-0.25, -0.2) is 0 Å². The molecule has 78 valence electrons. The van der Waals surface area contributed by atoms with Gasteiger partial charge in [-0.05, 0) is 42.9 Å². The van der Waals surface area contributed by atoms with Crippen LogP contribution in [0, 0.1) is 5.92 Å². The standard InChI is InChI=1S/C12H19NS/c1-14-8-7-12(10-13)9-11-5-3-2-4-6-11/h2-6,12H,7-10,13H2,1H3. The molecular formula is C12H19NS. The molecule has 0 aromatic heterocycles. The molecule has 2 heteroatoms. The first-order valence-corrected chi connectivity index (χ1v) is 6.49. The van der Waals surface area contributed by atoms with E-state index in [9.17, 15) is 0 Å². The fourth-order valence-electron chi connectivity index (χ4n) is 1.54. The first kappa shape index (κ1) is 11.6. The minimum atomic E-state index is 0.643. The summed E-state index contributed by atoms with van der Waals surface area (Å²) in [5.74, 6) is 1.86. The Hall–Kier alpha value is -0.470. The molecular weight excluding hydrogens is 190 g/mol. The van der Waals surface area contributed by atoms with E-state index < -0.39 is 0 Å². The molecule has 1 unspecified atom stereocenters. The average Bonchev–Trinajstić information content (AvgIpc) is 2.25. The van der Waals surface area contributed by atoms with Crippen LogP contribution in [0.5, 0.6) is 0 Å². The van der Waals surface area contributed by atoms with Gasteiger partial charge in [0.1, 0.15) is 0 Å². The highest BCUT2D eigenvalue weighted by Gasteiger charge is 2.06. The Kier molecular flexibility index (Phi) is 5.72. The molecule has 0 saturated carbocycles. The van der Waals surface area contributed by atoms with E-state index >= 15 is 0 Å². The minimum Gasteiger partial charge on any atom is -0.330 e. The third-order valence-electron chi connectivity index (χ3n) is 2.43. The molecule has 0 amide bonds. The summed E-state index contributed by atoms with van der Waals surface area (Å²) >= 11 is 1.90. The van der Waals surface area contributed by atoms with Crippen molar-refractivity contribution >= 4 is 11.8 Å². The average molecular weight is 209 g/mol. The van der Waals surface area contributed by atoms with Crippen LogP contribution < -0.4 is 5.73 Å². The molecule has 1 aromatic carbocycles. The predicted octanol–water partition coefficient (Wildman–Crippen LogP) is 2.56. The van der Waals surface area contributed by atoms with Crippen LogP contribution >= 0.6 is 11.8 Å². The Morgan fingerprint density at radius 1 is 1.29 bits per heavy atom. The molecule has 1 aromatic rings. The van der Waals surface area contributed by atoms with Gasteiger partial charge in [0.2, 0.25) is 0 Å². The number of hydrogen-bond donors (Lipinski definition) is 1. The summed E-state index contributed by atoms with van der Waals surface area (Å²) in [7, 11) is 0. The van der Waals surface area contributed by atoms with Gasteiger partial charge in [0.15, 0.2) is 0 Å².